The molecular formula is C6H3F2NSe2. The first-order valence-corrected chi connectivity index (χ1v) is 8.91. The van der Waals surface area contributed by atoms with Gasteiger partial charge in [0.25, 0.3) is 0 Å². The SMILES string of the molecule is Fc1ccc2c(c1F)N[Se][Se]2. The molecule has 0 atom stereocenters. The van der Waals surface area contributed by atoms with Crippen LogP contribution in [0.5, 0.6) is 0 Å². The van der Waals surface area contributed by atoms with E-state index in [9.17, 15) is 8.78 Å². The van der Waals surface area contributed by atoms with Crippen LogP contribution in [0.2, 0.25) is 0 Å². The molecule has 0 unspecified atom stereocenters. The predicted octanol–water partition coefficient (Wildman–Crippen LogP) is 0.254. The van der Waals surface area contributed by atoms with Gasteiger partial charge in [0.15, 0.2) is 0 Å². The quantitative estimate of drug-likeness (QED) is 0.674. The Morgan fingerprint density at radius 1 is 1.27 bits per heavy atom. The summed E-state index contributed by atoms with van der Waals surface area (Å²) in [5.74, 6) is -1.48. The van der Waals surface area contributed by atoms with Gasteiger partial charge in [-0.05, 0) is 0 Å². The molecule has 1 heterocycles. The molecule has 0 spiro atoms. The number of hydrogen-bond acceptors (Lipinski definition) is 1. The van der Waals surface area contributed by atoms with Crippen LogP contribution < -0.4 is 8.79 Å². The molecule has 1 nitrogen and oxygen atoms in total. The molecule has 2 rings (SSSR count). The van der Waals surface area contributed by atoms with Gasteiger partial charge in [-0.15, -0.1) is 0 Å². The summed E-state index contributed by atoms with van der Waals surface area (Å²) >= 11 is 0.598. The van der Waals surface area contributed by atoms with Crippen LogP contribution >= 0.6 is 0 Å². The van der Waals surface area contributed by atoms with Crippen LogP contribution in [0.4, 0.5) is 14.5 Å². The number of anilines is 1. The Morgan fingerprint density at radius 3 is 2.91 bits per heavy atom. The maximum atomic E-state index is 12.9. The standard InChI is InChI=1S/C6H3F2NSe2/c7-3-1-2-4-6(5(3)8)9-11-10-4/h1-2,9H. The number of benzene rings is 1. The van der Waals surface area contributed by atoms with Crippen molar-refractivity contribution in [1.82, 2.24) is 0 Å². The van der Waals surface area contributed by atoms with Gasteiger partial charge in [-0.2, -0.15) is 0 Å². The van der Waals surface area contributed by atoms with Crippen LogP contribution in [0, 0.1) is 11.6 Å². The second kappa shape index (κ2) is 2.76. The van der Waals surface area contributed by atoms with E-state index in [0.717, 1.165) is 4.46 Å². The maximum absolute atomic E-state index is 12.9. The van der Waals surface area contributed by atoms with E-state index < -0.39 is 11.6 Å². The molecule has 58 valence electrons. The van der Waals surface area contributed by atoms with Crippen LogP contribution in [0.1, 0.15) is 0 Å². The molecule has 1 aliphatic heterocycles. The van der Waals surface area contributed by atoms with E-state index in [-0.39, 0.29) is 13.3 Å². The van der Waals surface area contributed by atoms with E-state index in [1.807, 2.05) is 0 Å². The van der Waals surface area contributed by atoms with Gasteiger partial charge in [0.2, 0.25) is 0 Å². The van der Waals surface area contributed by atoms with E-state index in [0.29, 0.717) is 18.8 Å². The van der Waals surface area contributed by atoms with Crippen molar-refractivity contribution in [1.29, 1.82) is 0 Å². The van der Waals surface area contributed by atoms with Crippen molar-refractivity contribution < 1.29 is 8.78 Å². The minimum absolute atomic E-state index is 0.268. The molecule has 0 amide bonds. The number of halogens is 2. The van der Waals surface area contributed by atoms with Gasteiger partial charge < -0.3 is 0 Å². The summed E-state index contributed by atoms with van der Waals surface area (Å²) in [6.07, 6.45) is 0. The van der Waals surface area contributed by atoms with Gasteiger partial charge in [0.1, 0.15) is 0 Å². The molecule has 5 heteroatoms. The van der Waals surface area contributed by atoms with Crippen molar-refractivity contribution in [2.45, 2.75) is 0 Å². The average Bonchev–Trinajstić information content (AvgIpc) is 2.45. The molecule has 11 heavy (non-hydrogen) atoms. The van der Waals surface area contributed by atoms with Gasteiger partial charge >= 0.3 is 73.5 Å². The zero-order chi connectivity index (χ0) is 7.84. The summed E-state index contributed by atoms with van der Waals surface area (Å²) in [7, 11) is 0. The van der Waals surface area contributed by atoms with E-state index in [4.69, 9.17) is 0 Å². The van der Waals surface area contributed by atoms with Crippen molar-refractivity contribution in [3.8, 4) is 0 Å². The molecule has 0 saturated carbocycles. The zero-order valence-electron chi connectivity index (χ0n) is 5.23. The molecule has 0 bridgehead atoms. The molecule has 0 radical (unpaired) electrons. The number of hydrogen-bond donors (Lipinski definition) is 1. The first-order chi connectivity index (χ1) is 5.29. The van der Waals surface area contributed by atoms with E-state index >= 15 is 0 Å². The topological polar surface area (TPSA) is 12.0 Å². The fourth-order valence-corrected chi connectivity index (χ4v) is 6.59. The molecule has 1 N–H and O–H groups in total. The van der Waals surface area contributed by atoms with Crippen LogP contribution in [-0.4, -0.2) is 26.5 Å². The van der Waals surface area contributed by atoms with Gasteiger partial charge in [0, 0.05) is 0 Å². The summed E-state index contributed by atoms with van der Waals surface area (Å²) in [5, 5.41) is 0. The first-order valence-electron chi connectivity index (χ1n) is 2.86. The van der Waals surface area contributed by atoms with Crippen molar-refractivity contribution in [3.63, 3.8) is 0 Å². The van der Waals surface area contributed by atoms with Gasteiger partial charge in [-0.25, -0.2) is 0 Å². The van der Waals surface area contributed by atoms with Crippen molar-refractivity contribution in [3.05, 3.63) is 23.8 Å². The Bertz CT molecular complexity index is 303. The van der Waals surface area contributed by atoms with Crippen molar-refractivity contribution in [2.75, 3.05) is 4.33 Å². The molecule has 1 aromatic rings. The predicted molar refractivity (Wildman–Crippen MR) is 41.1 cm³/mol. The van der Waals surface area contributed by atoms with Crippen molar-refractivity contribution in [2.24, 2.45) is 0 Å². The summed E-state index contributed by atoms with van der Waals surface area (Å²) in [6, 6.07) is 2.86. The van der Waals surface area contributed by atoms with Crippen LogP contribution in [0.3, 0.4) is 0 Å². The molecule has 0 saturated heterocycles. The van der Waals surface area contributed by atoms with Crippen LogP contribution in [0.25, 0.3) is 0 Å². The van der Waals surface area contributed by atoms with E-state index in [2.05, 4.69) is 4.33 Å². The van der Waals surface area contributed by atoms with E-state index in [1.54, 1.807) is 6.07 Å². The van der Waals surface area contributed by atoms with Crippen molar-refractivity contribution >= 4 is 36.6 Å². The molecule has 0 aliphatic carbocycles. The van der Waals surface area contributed by atoms with E-state index in [1.165, 1.54) is 6.07 Å². The summed E-state index contributed by atoms with van der Waals surface area (Å²) in [6.45, 7) is 0. The number of fused-ring (bicyclic) bond motifs is 1. The Kier molecular flexibility index (Phi) is 1.89. The molecule has 1 aliphatic rings. The first kappa shape index (κ1) is 7.56. The monoisotopic (exact) mass is 287 g/mol. The number of nitrogens with one attached hydrogen (secondary N) is 1. The fourth-order valence-electron chi connectivity index (χ4n) is 0.805. The normalized spacial score (nSPS) is 14.4. The summed E-state index contributed by atoms with van der Waals surface area (Å²) in [4.78, 5) is 0. The van der Waals surface area contributed by atoms with Gasteiger partial charge in [0.05, 0.1) is 0 Å². The minimum atomic E-state index is -0.759. The molecular weight excluding hydrogens is 282 g/mol. The second-order valence-electron chi connectivity index (χ2n) is 2.00. The zero-order valence-corrected chi connectivity index (χ0v) is 8.65. The molecule has 1 aromatic carbocycles. The number of rotatable bonds is 0. The fraction of sp³-hybridized carbons (Fsp3) is 0. The second-order valence-corrected chi connectivity index (χ2v) is 7.69. The third kappa shape index (κ3) is 1.18. The molecule has 0 aromatic heterocycles. The third-order valence-corrected chi connectivity index (χ3v) is 6.97. The third-order valence-electron chi connectivity index (χ3n) is 1.33. The Morgan fingerprint density at radius 2 is 2.09 bits per heavy atom. The Balaban J connectivity index is 2.62. The summed E-state index contributed by atoms with van der Waals surface area (Å²) in [5.41, 5.74) is 0.394. The summed E-state index contributed by atoms with van der Waals surface area (Å²) < 4.78 is 29.3. The average molecular weight is 285 g/mol. The Labute approximate surface area is 73.6 Å². The molecule has 0 fully saturated rings. The van der Waals surface area contributed by atoms with Gasteiger partial charge in [-0.3, -0.25) is 0 Å². The van der Waals surface area contributed by atoms with Crippen LogP contribution in [0.15, 0.2) is 12.1 Å². The van der Waals surface area contributed by atoms with Crippen LogP contribution in [-0.2, 0) is 0 Å². The van der Waals surface area contributed by atoms with Gasteiger partial charge in [-0.1, -0.05) is 0 Å². The Hall–Kier alpha value is -0.0810.